The molecule has 1 aromatic heterocycles. The normalized spacial score (nSPS) is 15.6. The first-order valence-electron chi connectivity index (χ1n) is 7.77. The lowest BCUT2D eigenvalue weighted by Gasteiger charge is -2.31. The van der Waals surface area contributed by atoms with Gasteiger partial charge in [-0.25, -0.2) is 0 Å². The van der Waals surface area contributed by atoms with Crippen molar-refractivity contribution in [3.8, 4) is 5.75 Å². The van der Waals surface area contributed by atoms with Crippen molar-refractivity contribution in [2.45, 2.75) is 19.3 Å². The van der Waals surface area contributed by atoms with E-state index in [0.717, 1.165) is 23.3 Å². The molecule has 0 atom stereocenters. The summed E-state index contributed by atoms with van der Waals surface area (Å²) >= 11 is 1.48. The maximum Gasteiger partial charge on any atom is 0.226 e. The van der Waals surface area contributed by atoms with Crippen LogP contribution in [-0.4, -0.2) is 34.8 Å². The number of rotatable bonds is 4. The van der Waals surface area contributed by atoms with Crippen LogP contribution in [0, 0.1) is 5.92 Å². The van der Waals surface area contributed by atoms with Crippen LogP contribution in [-0.2, 0) is 11.2 Å². The van der Waals surface area contributed by atoms with Crippen LogP contribution in [0.3, 0.4) is 0 Å². The van der Waals surface area contributed by atoms with Gasteiger partial charge in [0.05, 0.1) is 11.3 Å². The van der Waals surface area contributed by atoms with Gasteiger partial charge in [-0.15, -0.1) is 11.3 Å². The number of hydrogen-bond acceptors (Lipinski definition) is 4. The number of phenols is 1. The Morgan fingerprint density at radius 2 is 1.83 bits per heavy atom. The Balaban J connectivity index is 1.53. The third-order valence-electron chi connectivity index (χ3n) is 4.27. The predicted octanol–water partition coefficient (Wildman–Crippen LogP) is 3.12. The summed E-state index contributed by atoms with van der Waals surface area (Å²) in [5, 5.41) is 11.2. The van der Waals surface area contributed by atoms with E-state index < -0.39 is 0 Å². The number of carbonyl (C=O) groups excluding carboxylic acids is 2. The van der Waals surface area contributed by atoms with Crippen LogP contribution < -0.4 is 0 Å². The van der Waals surface area contributed by atoms with Crippen molar-refractivity contribution in [1.82, 2.24) is 4.90 Å². The second kappa shape index (κ2) is 6.96. The van der Waals surface area contributed by atoms with Crippen LogP contribution in [0.1, 0.15) is 28.1 Å². The molecule has 0 unspecified atom stereocenters. The SMILES string of the molecule is O=C(c1cccs1)C1CCN(C(=O)Cc2ccc(O)cc2)CC1. The summed E-state index contributed by atoms with van der Waals surface area (Å²) in [5.41, 5.74) is 0.893. The minimum atomic E-state index is 0.0337. The van der Waals surface area contributed by atoms with E-state index in [2.05, 4.69) is 0 Å². The minimum Gasteiger partial charge on any atom is -0.508 e. The van der Waals surface area contributed by atoms with Crippen LogP contribution in [0.4, 0.5) is 0 Å². The monoisotopic (exact) mass is 329 g/mol. The molecule has 0 aliphatic carbocycles. The molecule has 0 spiro atoms. The highest BCUT2D eigenvalue weighted by atomic mass is 32.1. The van der Waals surface area contributed by atoms with Crippen molar-refractivity contribution in [2.24, 2.45) is 5.92 Å². The van der Waals surface area contributed by atoms with Gasteiger partial charge in [0.1, 0.15) is 5.75 Å². The number of likely N-dealkylation sites (tertiary alicyclic amines) is 1. The number of ketones is 1. The van der Waals surface area contributed by atoms with Crippen LogP contribution in [0.15, 0.2) is 41.8 Å². The molecule has 1 aliphatic heterocycles. The van der Waals surface area contributed by atoms with Crippen molar-refractivity contribution < 1.29 is 14.7 Å². The van der Waals surface area contributed by atoms with Gasteiger partial charge >= 0.3 is 0 Å². The Morgan fingerprint density at radius 3 is 2.43 bits per heavy atom. The fourth-order valence-electron chi connectivity index (χ4n) is 2.91. The fraction of sp³-hybridized carbons (Fsp3) is 0.333. The highest BCUT2D eigenvalue weighted by Gasteiger charge is 2.28. The van der Waals surface area contributed by atoms with Crippen LogP contribution in [0.2, 0.25) is 0 Å². The number of aromatic hydroxyl groups is 1. The molecular weight excluding hydrogens is 310 g/mol. The highest BCUT2D eigenvalue weighted by Crippen LogP contribution is 2.24. The molecule has 1 N–H and O–H groups in total. The summed E-state index contributed by atoms with van der Waals surface area (Å²) in [6.45, 7) is 1.28. The van der Waals surface area contributed by atoms with E-state index in [4.69, 9.17) is 0 Å². The van der Waals surface area contributed by atoms with E-state index in [0.29, 0.717) is 19.5 Å². The van der Waals surface area contributed by atoms with E-state index >= 15 is 0 Å². The van der Waals surface area contributed by atoms with Crippen LogP contribution in [0.25, 0.3) is 0 Å². The second-order valence-corrected chi connectivity index (χ2v) is 6.79. The molecule has 0 saturated carbocycles. The number of phenolic OH excluding ortho intramolecular Hbond substituents is 1. The van der Waals surface area contributed by atoms with E-state index in [1.165, 1.54) is 11.3 Å². The quantitative estimate of drug-likeness (QED) is 0.877. The van der Waals surface area contributed by atoms with Crippen molar-refractivity contribution in [3.05, 3.63) is 52.2 Å². The third kappa shape index (κ3) is 3.79. The van der Waals surface area contributed by atoms with E-state index in [9.17, 15) is 14.7 Å². The number of benzene rings is 1. The number of thiophene rings is 1. The minimum absolute atomic E-state index is 0.0337. The third-order valence-corrected chi connectivity index (χ3v) is 5.16. The molecular formula is C18H19NO3S. The summed E-state index contributed by atoms with van der Waals surface area (Å²) in [4.78, 5) is 27.3. The molecule has 3 rings (SSSR count). The Hall–Kier alpha value is -2.14. The Bertz CT molecular complexity index is 671. The summed E-state index contributed by atoms with van der Waals surface area (Å²) in [6, 6.07) is 10.5. The molecule has 2 aromatic rings. The van der Waals surface area contributed by atoms with Crippen molar-refractivity contribution in [1.29, 1.82) is 0 Å². The molecule has 120 valence electrons. The first kappa shape index (κ1) is 15.7. The predicted molar refractivity (Wildman–Crippen MR) is 89.8 cm³/mol. The molecule has 1 saturated heterocycles. The topological polar surface area (TPSA) is 57.6 Å². The van der Waals surface area contributed by atoms with Crippen molar-refractivity contribution in [2.75, 3.05) is 13.1 Å². The Labute approximate surface area is 139 Å². The number of hydrogen-bond donors (Lipinski definition) is 1. The van der Waals surface area contributed by atoms with Crippen molar-refractivity contribution >= 4 is 23.0 Å². The van der Waals surface area contributed by atoms with Gasteiger partial charge in [0.25, 0.3) is 0 Å². The van der Waals surface area contributed by atoms with Gasteiger partial charge in [0.2, 0.25) is 5.91 Å². The smallest absolute Gasteiger partial charge is 0.226 e. The lowest BCUT2D eigenvalue weighted by molar-refractivity contribution is -0.131. The molecule has 1 amide bonds. The van der Waals surface area contributed by atoms with Gasteiger partial charge in [0, 0.05) is 19.0 Å². The van der Waals surface area contributed by atoms with Crippen LogP contribution in [0.5, 0.6) is 5.75 Å². The van der Waals surface area contributed by atoms with E-state index in [1.54, 1.807) is 24.3 Å². The first-order chi connectivity index (χ1) is 11.1. The molecule has 2 heterocycles. The maximum absolute atomic E-state index is 12.3. The number of amides is 1. The molecule has 4 nitrogen and oxygen atoms in total. The second-order valence-electron chi connectivity index (χ2n) is 5.84. The largest absolute Gasteiger partial charge is 0.508 e. The zero-order chi connectivity index (χ0) is 16.2. The Morgan fingerprint density at radius 1 is 1.13 bits per heavy atom. The molecule has 5 heteroatoms. The molecule has 1 aromatic carbocycles. The number of carbonyl (C=O) groups is 2. The lowest BCUT2D eigenvalue weighted by Crippen LogP contribution is -2.40. The number of Topliss-reactive ketones (excluding diaryl/α,β-unsaturated/α-hetero) is 1. The lowest BCUT2D eigenvalue weighted by atomic mass is 9.91. The molecule has 1 fully saturated rings. The summed E-state index contributed by atoms with van der Waals surface area (Å²) in [5.74, 6) is 0.531. The van der Waals surface area contributed by atoms with Gasteiger partial charge in [-0.1, -0.05) is 18.2 Å². The summed E-state index contributed by atoms with van der Waals surface area (Å²) < 4.78 is 0. The van der Waals surface area contributed by atoms with E-state index in [1.807, 2.05) is 22.4 Å². The average molecular weight is 329 g/mol. The van der Waals surface area contributed by atoms with Gasteiger partial charge < -0.3 is 10.0 Å². The highest BCUT2D eigenvalue weighted by molar-refractivity contribution is 7.12. The van der Waals surface area contributed by atoms with Crippen LogP contribution >= 0.6 is 11.3 Å². The van der Waals surface area contributed by atoms with Gasteiger partial charge in [-0.2, -0.15) is 0 Å². The van der Waals surface area contributed by atoms with Gasteiger partial charge in [0.15, 0.2) is 5.78 Å². The average Bonchev–Trinajstić information content (AvgIpc) is 3.11. The molecule has 0 radical (unpaired) electrons. The summed E-state index contributed by atoms with van der Waals surface area (Å²) in [7, 11) is 0. The summed E-state index contributed by atoms with van der Waals surface area (Å²) in [6.07, 6.45) is 1.81. The molecule has 23 heavy (non-hydrogen) atoms. The zero-order valence-corrected chi connectivity index (χ0v) is 13.6. The Kier molecular flexibility index (Phi) is 4.76. The number of piperidine rings is 1. The number of nitrogens with zero attached hydrogens (tertiary/aromatic N) is 1. The maximum atomic E-state index is 12.3. The van der Waals surface area contributed by atoms with E-state index in [-0.39, 0.29) is 23.4 Å². The van der Waals surface area contributed by atoms with Crippen molar-refractivity contribution in [3.63, 3.8) is 0 Å². The standard InChI is InChI=1S/C18H19NO3S/c20-15-5-3-13(4-6-15)12-17(21)19-9-7-14(8-10-19)18(22)16-2-1-11-23-16/h1-6,11,14,20H,7-10,12H2. The molecule has 1 aliphatic rings. The fourth-order valence-corrected chi connectivity index (χ4v) is 3.65. The molecule has 0 bridgehead atoms. The van der Waals surface area contributed by atoms with Gasteiger partial charge in [-0.05, 0) is 42.0 Å². The first-order valence-corrected chi connectivity index (χ1v) is 8.65. The van der Waals surface area contributed by atoms with Gasteiger partial charge in [-0.3, -0.25) is 9.59 Å². The zero-order valence-electron chi connectivity index (χ0n) is 12.8.